The minimum Gasteiger partial charge on any atom is -0.478 e. The van der Waals surface area contributed by atoms with E-state index < -0.39 is 11.8 Å². The second kappa shape index (κ2) is 6.45. The molecule has 0 bridgehead atoms. The molecule has 2 aromatic rings. The Morgan fingerprint density at radius 1 is 1.05 bits per heavy atom. The molecule has 2 aromatic carbocycles. The topological polar surface area (TPSA) is 40.5 Å². The third-order valence-electron chi connectivity index (χ3n) is 3.08. The second-order valence-corrected chi connectivity index (χ2v) is 4.92. The molecule has 0 amide bonds. The van der Waals surface area contributed by atoms with Crippen LogP contribution in [0.25, 0.3) is 0 Å². The van der Waals surface area contributed by atoms with Crippen molar-refractivity contribution < 1.29 is 18.7 Å². The molecule has 0 aliphatic heterocycles. The zero-order valence-corrected chi connectivity index (χ0v) is 11.5. The summed E-state index contributed by atoms with van der Waals surface area (Å²) in [5.41, 5.74) is 1.32. The number of aromatic carboxylic acids is 1. The lowest BCUT2D eigenvalue weighted by atomic mass is 10.1. The van der Waals surface area contributed by atoms with Gasteiger partial charge in [0.1, 0.15) is 11.6 Å². The highest BCUT2D eigenvalue weighted by molar-refractivity contribution is 5.88. The van der Waals surface area contributed by atoms with Gasteiger partial charge in [-0.15, -0.1) is 0 Å². The molecular weight excluding hydrogens is 276 g/mol. The van der Waals surface area contributed by atoms with Crippen LogP contribution >= 0.6 is 0 Å². The van der Waals surface area contributed by atoms with Crippen molar-refractivity contribution in [1.82, 2.24) is 4.90 Å². The number of benzene rings is 2. The lowest BCUT2D eigenvalue weighted by Gasteiger charge is -2.17. The molecule has 0 unspecified atom stereocenters. The van der Waals surface area contributed by atoms with Gasteiger partial charge in [-0.2, -0.15) is 0 Å². The fourth-order valence-corrected chi connectivity index (χ4v) is 2.10. The van der Waals surface area contributed by atoms with E-state index >= 15 is 0 Å². The number of carboxylic acid groups (broad SMARTS) is 1. The van der Waals surface area contributed by atoms with Crippen molar-refractivity contribution in [3.63, 3.8) is 0 Å². The Kier molecular flexibility index (Phi) is 4.65. The normalized spacial score (nSPS) is 10.9. The lowest BCUT2D eigenvalue weighted by Crippen LogP contribution is -2.17. The van der Waals surface area contributed by atoms with Crippen LogP contribution in [-0.4, -0.2) is 23.0 Å². The third-order valence-corrected chi connectivity index (χ3v) is 3.08. The third kappa shape index (κ3) is 4.10. The highest BCUT2D eigenvalue weighted by Gasteiger charge is 2.11. The molecule has 0 saturated heterocycles. The summed E-state index contributed by atoms with van der Waals surface area (Å²) < 4.78 is 26.1. The van der Waals surface area contributed by atoms with Crippen molar-refractivity contribution in [2.45, 2.75) is 13.1 Å². The van der Waals surface area contributed by atoms with E-state index in [-0.39, 0.29) is 11.4 Å². The van der Waals surface area contributed by atoms with Crippen LogP contribution in [-0.2, 0) is 13.1 Å². The van der Waals surface area contributed by atoms with E-state index in [0.29, 0.717) is 18.7 Å². The number of hydrogen-bond acceptors (Lipinski definition) is 2. The van der Waals surface area contributed by atoms with Crippen LogP contribution in [0.4, 0.5) is 8.78 Å². The van der Waals surface area contributed by atoms with Gasteiger partial charge in [0.05, 0.1) is 5.56 Å². The molecule has 0 atom stereocenters. The first kappa shape index (κ1) is 15.1. The van der Waals surface area contributed by atoms with E-state index in [0.717, 1.165) is 11.6 Å². The molecule has 1 N–H and O–H groups in total. The van der Waals surface area contributed by atoms with E-state index in [4.69, 9.17) is 5.11 Å². The molecule has 0 fully saturated rings. The quantitative estimate of drug-likeness (QED) is 0.919. The first-order chi connectivity index (χ1) is 9.95. The minimum atomic E-state index is -1.28. The number of rotatable bonds is 5. The largest absolute Gasteiger partial charge is 0.478 e. The number of nitrogens with zero attached hydrogens (tertiary/aromatic N) is 1. The zero-order chi connectivity index (χ0) is 15.4. The Morgan fingerprint density at radius 3 is 2.24 bits per heavy atom. The van der Waals surface area contributed by atoms with Crippen molar-refractivity contribution >= 4 is 5.97 Å². The number of hydrogen-bond donors (Lipinski definition) is 1. The fraction of sp³-hybridized carbons (Fsp3) is 0.188. The summed E-state index contributed by atoms with van der Waals surface area (Å²) in [7, 11) is 1.85. The molecule has 0 heterocycles. The molecule has 110 valence electrons. The van der Waals surface area contributed by atoms with Crippen molar-refractivity contribution in [1.29, 1.82) is 0 Å². The van der Waals surface area contributed by atoms with Gasteiger partial charge in [0, 0.05) is 13.1 Å². The summed E-state index contributed by atoms with van der Waals surface area (Å²) >= 11 is 0. The van der Waals surface area contributed by atoms with Crippen LogP contribution in [0, 0.1) is 11.6 Å². The van der Waals surface area contributed by atoms with Crippen LogP contribution in [0.15, 0.2) is 42.5 Å². The van der Waals surface area contributed by atoms with Gasteiger partial charge in [-0.25, -0.2) is 13.6 Å². The Morgan fingerprint density at radius 2 is 1.62 bits per heavy atom. The first-order valence-corrected chi connectivity index (χ1v) is 6.40. The maximum Gasteiger partial charge on any atom is 0.338 e. The predicted molar refractivity (Wildman–Crippen MR) is 74.9 cm³/mol. The van der Waals surface area contributed by atoms with Gasteiger partial charge in [0.25, 0.3) is 0 Å². The second-order valence-electron chi connectivity index (χ2n) is 4.92. The highest BCUT2D eigenvalue weighted by atomic mass is 19.1. The molecule has 0 aliphatic carbocycles. The number of carboxylic acids is 1. The SMILES string of the molecule is CN(Cc1ccc(F)cc1)Cc1ccc(F)c(C(=O)O)c1. The number of halogens is 2. The number of carbonyl (C=O) groups is 1. The van der Waals surface area contributed by atoms with E-state index in [1.807, 2.05) is 11.9 Å². The first-order valence-electron chi connectivity index (χ1n) is 6.40. The van der Waals surface area contributed by atoms with Crippen molar-refractivity contribution in [2.75, 3.05) is 7.05 Å². The van der Waals surface area contributed by atoms with E-state index in [1.54, 1.807) is 18.2 Å². The van der Waals surface area contributed by atoms with Gasteiger partial charge in [-0.1, -0.05) is 18.2 Å². The molecule has 0 aromatic heterocycles. The van der Waals surface area contributed by atoms with Gasteiger partial charge < -0.3 is 5.11 Å². The van der Waals surface area contributed by atoms with Gasteiger partial charge >= 0.3 is 5.97 Å². The fourth-order valence-electron chi connectivity index (χ4n) is 2.10. The summed E-state index contributed by atoms with van der Waals surface area (Å²) in [6.45, 7) is 1.05. The molecule has 0 aliphatic rings. The highest BCUT2D eigenvalue weighted by Crippen LogP contribution is 2.14. The van der Waals surface area contributed by atoms with Crippen LogP contribution in [0.3, 0.4) is 0 Å². The summed E-state index contributed by atoms with van der Waals surface area (Å²) in [5.74, 6) is -2.31. The van der Waals surface area contributed by atoms with Gasteiger partial charge in [-0.05, 0) is 42.4 Å². The smallest absolute Gasteiger partial charge is 0.338 e. The minimum absolute atomic E-state index is 0.286. The Bertz CT molecular complexity index is 641. The molecule has 3 nitrogen and oxygen atoms in total. The van der Waals surface area contributed by atoms with Crippen molar-refractivity contribution in [3.05, 3.63) is 70.8 Å². The van der Waals surface area contributed by atoms with Crippen LogP contribution in [0.5, 0.6) is 0 Å². The van der Waals surface area contributed by atoms with Gasteiger partial charge in [0.2, 0.25) is 0 Å². The average Bonchev–Trinajstić information content (AvgIpc) is 2.43. The molecule has 2 rings (SSSR count). The monoisotopic (exact) mass is 291 g/mol. The molecule has 21 heavy (non-hydrogen) atoms. The summed E-state index contributed by atoms with van der Waals surface area (Å²) in [6, 6.07) is 10.2. The Hall–Kier alpha value is -2.27. The maximum atomic E-state index is 13.3. The molecule has 0 saturated carbocycles. The van der Waals surface area contributed by atoms with Crippen LogP contribution in [0.1, 0.15) is 21.5 Å². The lowest BCUT2D eigenvalue weighted by molar-refractivity contribution is 0.0691. The summed E-state index contributed by atoms with van der Waals surface area (Å²) in [5, 5.41) is 8.90. The Labute approximate surface area is 121 Å². The van der Waals surface area contributed by atoms with E-state index in [2.05, 4.69) is 0 Å². The molecule has 0 spiro atoms. The van der Waals surface area contributed by atoms with E-state index in [9.17, 15) is 13.6 Å². The van der Waals surface area contributed by atoms with Crippen molar-refractivity contribution in [3.8, 4) is 0 Å². The molecular formula is C16H15F2NO2. The zero-order valence-electron chi connectivity index (χ0n) is 11.5. The van der Waals surface area contributed by atoms with Gasteiger partial charge in [0.15, 0.2) is 0 Å². The predicted octanol–water partition coefficient (Wildman–Crippen LogP) is 3.30. The van der Waals surface area contributed by atoms with Gasteiger partial charge in [-0.3, -0.25) is 4.90 Å². The standard InChI is InChI=1S/C16H15F2NO2/c1-19(9-11-2-5-13(17)6-3-11)10-12-4-7-15(18)14(8-12)16(20)21/h2-8H,9-10H2,1H3,(H,20,21). The molecule has 5 heteroatoms. The molecule has 0 radical (unpaired) electrons. The average molecular weight is 291 g/mol. The summed E-state index contributed by atoms with van der Waals surface area (Å²) in [4.78, 5) is 12.8. The summed E-state index contributed by atoms with van der Waals surface area (Å²) in [6.07, 6.45) is 0. The Balaban J connectivity index is 2.05. The maximum absolute atomic E-state index is 13.3. The van der Waals surface area contributed by atoms with E-state index in [1.165, 1.54) is 18.2 Å². The van der Waals surface area contributed by atoms with Crippen LogP contribution < -0.4 is 0 Å². The van der Waals surface area contributed by atoms with Crippen molar-refractivity contribution in [2.24, 2.45) is 0 Å². The van der Waals surface area contributed by atoms with Crippen LogP contribution in [0.2, 0.25) is 0 Å².